The summed E-state index contributed by atoms with van der Waals surface area (Å²) in [7, 11) is 0. The summed E-state index contributed by atoms with van der Waals surface area (Å²) < 4.78 is 0. The van der Waals surface area contributed by atoms with Gasteiger partial charge >= 0.3 is 0 Å². The van der Waals surface area contributed by atoms with Crippen LogP contribution in [0.1, 0.15) is 15.6 Å². The van der Waals surface area contributed by atoms with Gasteiger partial charge in [-0.05, 0) is 19.9 Å². The summed E-state index contributed by atoms with van der Waals surface area (Å²) in [6.45, 7) is 4.90. The molecule has 102 valence electrons. The van der Waals surface area contributed by atoms with Crippen LogP contribution in [0.4, 0.5) is 5.82 Å². The molecule has 1 N–H and O–H groups in total. The Hall–Kier alpha value is -2.08. The zero-order valence-electron chi connectivity index (χ0n) is 11.4. The molecule has 0 saturated heterocycles. The van der Waals surface area contributed by atoms with Crippen molar-refractivity contribution >= 4 is 28.2 Å². The molecule has 0 amide bonds. The molecule has 0 aliphatic heterocycles. The van der Waals surface area contributed by atoms with Gasteiger partial charge in [-0.1, -0.05) is 0 Å². The molecular formula is C14H15N5S. The normalized spacial score (nSPS) is 10.9. The van der Waals surface area contributed by atoms with Crippen molar-refractivity contribution < 1.29 is 0 Å². The van der Waals surface area contributed by atoms with Crippen LogP contribution >= 0.6 is 11.3 Å². The first kappa shape index (κ1) is 12.9. The number of pyridine rings is 1. The molecule has 20 heavy (non-hydrogen) atoms. The molecular weight excluding hydrogens is 270 g/mol. The van der Waals surface area contributed by atoms with Crippen LogP contribution in [0, 0.1) is 13.8 Å². The fraction of sp³-hybridized carbons (Fsp3) is 0.286. The molecule has 0 atom stereocenters. The van der Waals surface area contributed by atoms with E-state index in [4.69, 9.17) is 0 Å². The number of hydrogen-bond acceptors (Lipinski definition) is 6. The van der Waals surface area contributed by atoms with E-state index in [-0.39, 0.29) is 0 Å². The fourth-order valence-corrected chi connectivity index (χ4v) is 3.06. The van der Waals surface area contributed by atoms with Crippen molar-refractivity contribution in [1.29, 1.82) is 0 Å². The molecule has 0 fully saturated rings. The van der Waals surface area contributed by atoms with Gasteiger partial charge in [-0.25, -0.2) is 15.0 Å². The van der Waals surface area contributed by atoms with Crippen LogP contribution in [-0.2, 0) is 6.42 Å². The van der Waals surface area contributed by atoms with E-state index < -0.39 is 0 Å². The van der Waals surface area contributed by atoms with Gasteiger partial charge in [0.1, 0.15) is 5.52 Å². The monoisotopic (exact) mass is 285 g/mol. The number of nitrogens with one attached hydrogen (secondary N) is 1. The molecule has 3 aromatic rings. The van der Waals surface area contributed by atoms with Gasteiger partial charge in [0, 0.05) is 36.4 Å². The zero-order valence-corrected chi connectivity index (χ0v) is 12.2. The van der Waals surface area contributed by atoms with Gasteiger partial charge in [-0.15, -0.1) is 11.3 Å². The van der Waals surface area contributed by atoms with Crippen LogP contribution in [0.5, 0.6) is 0 Å². The number of aromatic nitrogens is 4. The Morgan fingerprint density at radius 3 is 2.75 bits per heavy atom. The Kier molecular flexibility index (Phi) is 3.56. The molecule has 6 heteroatoms. The predicted octanol–water partition coefficient (Wildman–Crippen LogP) is 2.75. The second-order valence-corrected chi connectivity index (χ2v) is 5.79. The first-order valence-electron chi connectivity index (χ1n) is 6.46. The maximum Gasteiger partial charge on any atom is 0.154 e. The number of rotatable bonds is 4. The molecule has 3 rings (SSSR count). The van der Waals surface area contributed by atoms with Crippen molar-refractivity contribution in [2.75, 3.05) is 11.9 Å². The van der Waals surface area contributed by atoms with Crippen molar-refractivity contribution in [3.63, 3.8) is 0 Å². The minimum absolute atomic E-state index is 0.787. The molecule has 0 bridgehead atoms. The average Bonchev–Trinajstić information content (AvgIpc) is 2.77. The first-order chi connectivity index (χ1) is 9.74. The highest BCUT2D eigenvalue weighted by molar-refractivity contribution is 7.11. The van der Waals surface area contributed by atoms with Crippen LogP contribution in [0.15, 0.2) is 24.7 Å². The lowest BCUT2D eigenvalue weighted by Crippen LogP contribution is -2.07. The summed E-state index contributed by atoms with van der Waals surface area (Å²) in [5, 5.41) is 4.46. The second kappa shape index (κ2) is 5.50. The molecule has 0 spiro atoms. The largest absolute Gasteiger partial charge is 0.368 e. The van der Waals surface area contributed by atoms with Gasteiger partial charge in [0.05, 0.1) is 16.2 Å². The Balaban J connectivity index is 1.73. The van der Waals surface area contributed by atoms with E-state index in [0.29, 0.717) is 0 Å². The fourth-order valence-electron chi connectivity index (χ4n) is 2.13. The standard InChI is InChI=1S/C14H15N5S/c1-9-12(20-10(2)19-9)4-6-18-14-13-11(3-5-17-14)15-7-8-16-13/h3,5,7-8H,4,6H2,1-2H3,(H,17,18). The number of fused-ring (bicyclic) bond motifs is 1. The molecule has 3 heterocycles. The Morgan fingerprint density at radius 2 is 1.95 bits per heavy atom. The summed E-state index contributed by atoms with van der Waals surface area (Å²) in [5.41, 5.74) is 2.79. The van der Waals surface area contributed by atoms with Crippen LogP contribution in [-0.4, -0.2) is 26.5 Å². The highest BCUT2D eigenvalue weighted by Crippen LogP contribution is 2.19. The summed E-state index contributed by atoms with van der Waals surface area (Å²) in [6, 6.07) is 1.87. The summed E-state index contributed by atoms with van der Waals surface area (Å²) in [5.74, 6) is 0.787. The minimum Gasteiger partial charge on any atom is -0.368 e. The number of thiazole rings is 1. The number of anilines is 1. The Labute approximate surface area is 121 Å². The third kappa shape index (κ3) is 2.60. The van der Waals surface area contributed by atoms with Gasteiger partial charge < -0.3 is 5.32 Å². The van der Waals surface area contributed by atoms with Crippen molar-refractivity contribution in [2.24, 2.45) is 0 Å². The van der Waals surface area contributed by atoms with E-state index in [1.54, 1.807) is 29.9 Å². The smallest absolute Gasteiger partial charge is 0.154 e. The maximum atomic E-state index is 4.44. The third-order valence-electron chi connectivity index (χ3n) is 3.03. The zero-order chi connectivity index (χ0) is 13.9. The van der Waals surface area contributed by atoms with Crippen LogP contribution in [0.3, 0.4) is 0 Å². The van der Waals surface area contributed by atoms with E-state index in [9.17, 15) is 0 Å². The SMILES string of the molecule is Cc1nc(C)c(CCNc2nccc3nccnc23)s1. The average molecular weight is 285 g/mol. The maximum absolute atomic E-state index is 4.44. The summed E-state index contributed by atoms with van der Waals surface area (Å²) >= 11 is 1.75. The van der Waals surface area contributed by atoms with Crippen LogP contribution in [0.2, 0.25) is 0 Å². The van der Waals surface area contributed by atoms with Crippen molar-refractivity contribution in [2.45, 2.75) is 20.3 Å². The van der Waals surface area contributed by atoms with Crippen molar-refractivity contribution in [3.8, 4) is 0 Å². The first-order valence-corrected chi connectivity index (χ1v) is 7.28. The molecule has 0 unspecified atom stereocenters. The second-order valence-electron chi connectivity index (χ2n) is 4.50. The molecule has 0 radical (unpaired) electrons. The Morgan fingerprint density at radius 1 is 1.10 bits per heavy atom. The van der Waals surface area contributed by atoms with Gasteiger partial charge in [-0.2, -0.15) is 0 Å². The van der Waals surface area contributed by atoms with E-state index >= 15 is 0 Å². The lowest BCUT2D eigenvalue weighted by molar-refractivity contribution is 1.00. The lowest BCUT2D eigenvalue weighted by Gasteiger charge is -2.06. The predicted molar refractivity (Wildman–Crippen MR) is 81.1 cm³/mol. The highest BCUT2D eigenvalue weighted by Gasteiger charge is 2.06. The van der Waals surface area contributed by atoms with E-state index in [1.807, 2.05) is 13.0 Å². The van der Waals surface area contributed by atoms with Crippen molar-refractivity contribution in [3.05, 3.63) is 40.2 Å². The molecule has 0 aromatic carbocycles. The van der Waals surface area contributed by atoms with Gasteiger partial charge in [0.15, 0.2) is 5.82 Å². The lowest BCUT2D eigenvalue weighted by atomic mass is 10.3. The number of nitrogens with zero attached hydrogens (tertiary/aromatic N) is 4. The number of aryl methyl sites for hydroxylation is 2. The van der Waals surface area contributed by atoms with E-state index in [2.05, 4.69) is 32.2 Å². The highest BCUT2D eigenvalue weighted by atomic mass is 32.1. The van der Waals surface area contributed by atoms with E-state index in [1.165, 1.54) is 4.88 Å². The number of hydrogen-bond donors (Lipinski definition) is 1. The molecule has 3 aromatic heterocycles. The van der Waals surface area contributed by atoms with Gasteiger partial charge in [0.2, 0.25) is 0 Å². The quantitative estimate of drug-likeness (QED) is 0.798. The van der Waals surface area contributed by atoms with Gasteiger partial charge in [0.25, 0.3) is 0 Å². The topological polar surface area (TPSA) is 63.6 Å². The molecule has 0 saturated carbocycles. The van der Waals surface area contributed by atoms with Crippen LogP contribution < -0.4 is 5.32 Å². The Bertz CT molecular complexity index is 732. The van der Waals surface area contributed by atoms with Crippen LogP contribution in [0.25, 0.3) is 11.0 Å². The third-order valence-corrected chi connectivity index (χ3v) is 4.16. The van der Waals surface area contributed by atoms with E-state index in [0.717, 1.165) is 40.5 Å². The summed E-state index contributed by atoms with van der Waals surface area (Å²) in [6.07, 6.45) is 6.07. The molecule has 0 aliphatic rings. The molecule has 0 aliphatic carbocycles. The summed E-state index contributed by atoms with van der Waals surface area (Å²) in [4.78, 5) is 18.7. The van der Waals surface area contributed by atoms with Gasteiger partial charge in [-0.3, -0.25) is 4.98 Å². The van der Waals surface area contributed by atoms with Crippen molar-refractivity contribution in [1.82, 2.24) is 19.9 Å². The molecule has 5 nitrogen and oxygen atoms in total. The minimum atomic E-state index is 0.787.